The fourth-order valence-electron chi connectivity index (χ4n) is 3.33. The van der Waals surface area contributed by atoms with Gasteiger partial charge < -0.3 is 9.47 Å². The van der Waals surface area contributed by atoms with Crippen LogP contribution in [0.2, 0.25) is 0 Å². The van der Waals surface area contributed by atoms with Crippen molar-refractivity contribution in [2.45, 2.75) is 13.0 Å². The highest BCUT2D eigenvalue weighted by molar-refractivity contribution is 5.56. The summed E-state index contributed by atoms with van der Waals surface area (Å²) in [6.07, 6.45) is 5.96. The van der Waals surface area contributed by atoms with Crippen molar-refractivity contribution >= 4 is 0 Å². The summed E-state index contributed by atoms with van der Waals surface area (Å²) in [6.45, 7) is 5.66. The predicted molar refractivity (Wildman–Crippen MR) is 112 cm³/mol. The Balaban J connectivity index is 1.32. The SMILES string of the molecule is O=c1cccnn1Cc1cccc(-c2ncc(OCCCN3CCOCC3)cn2)c1. The highest BCUT2D eigenvalue weighted by Gasteiger charge is 2.09. The molecule has 0 aliphatic carbocycles. The van der Waals surface area contributed by atoms with E-state index in [4.69, 9.17) is 9.47 Å². The molecule has 8 nitrogen and oxygen atoms in total. The van der Waals surface area contributed by atoms with Gasteiger partial charge in [0, 0.05) is 37.5 Å². The topological polar surface area (TPSA) is 82.4 Å². The Hall–Kier alpha value is -3.10. The Morgan fingerprint density at radius 2 is 1.90 bits per heavy atom. The van der Waals surface area contributed by atoms with Crippen molar-refractivity contribution in [1.82, 2.24) is 24.6 Å². The van der Waals surface area contributed by atoms with Crippen molar-refractivity contribution in [3.63, 3.8) is 0 Å². The van der Waals surface area contributed by atoms with E-state index in [9.17, 15) is 4.79 Å². The molecule has 0 amide bonds. The highest BCUT2D eigenvalue weighted by Crippen LogP contribution is 2.18. The van der Waals surface area contributed by atoms with Crippen LogP contribution in [-0.4, -0.2) is 64.1 Å². The van der Waals surface area contributed by atoms with E-state index in [2.05, 4.69) is 20.0 Å². The van der Waals surface area contributed by atoms with Gasteiger partial charge in [0.15, 0.2) is 11.6 Å². The van der Waals surface area contributed by atoms with Gasteiger partial charge in [-0.2, -0.15) is 5.10 Å². The normalized spacial score (nSPS) is 14.5. The number of morpholine rings is 1. The maximum atomic E-state index is 11.9. The third kappa shape index (κ3) is 5.49. The number of ether oxygens (including phenoxy) is 2. The van der Waals surface area contributed by atoms with Crippen molar-refractivity contribution in [3.8, 4) is 17.1 Å². The lowest BCUT2D eigenvalue weighted by molar-refractivity contribution is 0.0358. The minimum atomic E-state index is -0.130. The Bertz CT molecular complexity index is 1000. The molecular formula is C22H25N5O3. The molecule has 0 bridgehead atoms. The summed E-state index contributed by atoms with van der Waals surface area (Å²) in [5, 5.41) is 4.10. The van der Waals surface area contributed by atoms with Crippen molar-refractivity contribution in [2.24, 2.45) is 0 Å². The Kier molecular flexibility index (Phi) is 6.79. The molecule has 4 rings (SSSR count). The molecular weight excluding hydrogens is 382 g/mol. The van der Waals surface area contributed by atoms with Gasteiger partial charge in [-0.3, -0.25) is 9.69 Å². The summed E-state index contributed by atoms with van der Waals surface area (Å²) in [6, 6.07) is 10.9. The van der Waals surface area contributed by atoms with E-state index in [1.165, 1.54) is 10.7 Å². The van der Waals surface area contributed by atoms with Gasteiger partial charge >= 0.3 is 0 Å². The van der Waals surface area contributed by atoms with Crippen molar-refractivity contribution in [2.75, 3.05) is 39.5 Å². The molecule has 1 aromatic carbocycles. The summed E-state index contributed by atoms with van der Waals surface area (Å²) in [5.41, 5.74) is 1.71. The zero-order chi connectivity index (χ0) is 20.6. The maximum absolute atomic E-state index is 11.9. The zero-order valence-corrected chi connectivity index (χ0v) is 16.8. The summed E-state index contributed by atoms with van der Waals surface area (Å²) < 4.78 is 12.6. The van der Waals surface area contributed by atoms with Crippen LogP contribution in [0.25, 0.3) is 11.4 Å². The third-order valence-corrected chi connectivity index (χ3v) is 4.92. The van der Waals surface area contributed by atoms with Crippen LogP contribution in [0.3, 0.4) is 0 Å². The number of nitrogens with zero attached hydrogens (tertiary/aromatic N) is 5. The number of benzene rings is 1. The van der Waals surface area contributed by atoms with E-state index in [1.54, 1.807) is 24.7 Å². The van der Waals surface area contributed by atoms with Gasteiger partial charge in [0.1, 0.15) is 0 Å². The van der Waals surface area contributed by atoms with Crippen molar-refractivity contribution in [1.29, 1.82) is 0 Å². The summed E-state index contributed by atoms with van der Waals surface area (Å²) in [4.78, 5) is 23.1. The predicted octanol–water partition coefficient (Wildman–Crippen LogP) is 1.85. The molecule has 0 radical (unpaired) electrons. The number of rotatable bonds is 8. The molecule has 156 valence electrons. The second-order valence-electron chi connectivity index (χ2n) is 7.12. The summed E-state index contributed by atoms with van der Waals surface area (Å²) >= 11 is 0. The molecule has 30 heavy (non-hydrogen) atoms. The van der Waals surface area contributed by atoms with Crippen molar-refractivity contribution in [3.05, 3.63) is 70.9 Å². The first kappa shape index (κ1) is 20.2. The van der Waals surface area contributed by atoms with Crippen LogP contribution < -0.4 is 10.3 Å². The number of hydrogen-bond acceptors (Lipinski definition) is 7. The third-order valence-electron chi connectivity index (χ3n) is 4.92. The van der Waals surface area contributed by atoms with Crippen LogP contribution in [0.5, 0.6) is 5.75 Å². The Labute approximate surface area is 175 Å². The first-order chi connectivity index (χ1) is 14.8. The van der Waals surface area contributed by atoms with Gasteiger partial charge in [0.25, 0.3) is 5.56 Å². The van der Waals surface area contributed by atoms with E-state index in [1.807, 2.05) is 24.3 Å². The van der Waals surface area contributed by atoms with Crippen LogP contribution >= 0.6 is 0 Å². The zero-order valence-electron chi connectivity index (χ0n) is 16.8. The lowest BCUT2D eigenvalue weighted by Crippen LogP contribution is -2.37. The van der Waals surface area contributed by atoms with Crippen LogP contribution in [0.1, 0.15) is 12.0 Å². The second kappa shape index (κ2) is 10.1. The number of aromatic nitrogens is 4. The molecule has 3 heterocycles. The number of hydrogen-bond donors (Lipinski definition) is 0. The van der Waals surface area contributed by atoms with Gasteiger partial charge in [0.05, 0.1) is 38.8 Å². The molecule has 1 saturated heterocycles. The minimum absolute atomic E-state index is 0.130. The van der Waals surface area contributed by atoms with E-state index >= 15 is 0 Å². The molecule has 0 unspecified atom stereocenters. The van der Waals surface area contributed by atoms with E-state index in [0.29, 0.717) is 24.7 Å². The van der Waals surface area contributed by atoms with E-state index in [0.717, 1.165) is 50.4 Å². The second-order valence-corrected chi connectivity index (χ2v) is 7.12. The average Bonchev–Trinajstić information content (AvgIpc) is 2.80. The smallest absolute Gasteiger partial charge is 0.267 e. The molecule has 1 fully saturated rings. The Morgan fingerprint density at radius 1 is 1.07 bits per heavy atom. The molecule has 2 aromatic heterocycles. The van der Waals surface area contributed by atoms with E-state index in [-0.39, 0.29) is 5.56 Å². The summed E-state index contributed by atoms with van der Waals surface area (Å²) in [5.74, 6) is 1.28. The quantitative estimate of drug-likeness (QED) is 0.527. The molecule has 0 atom stereocenters. The fraction of sp³-hybridized carbons (Fsp3) is 0.364. The monoisotopic (exact) mass is 407 g/mol. The van der Waals surface area contributed by atoms with E-state index < -0.39 is 0 Å². The van der Waals surface area contributed by atoms with Gasteiger partial charge in [0.2, 0.25) is 0 Å². The fourth-order valence-corrected chi connectivity index (χ4v) is 3.33. The maximum Gasteiger partial charge on any atom is 0.267 e. The molecule has 1 aliphatic heterocycles. The molecule has 0 spiro atoms. The first-order valence-electron chi connectivity index (χ1n) is 10.1. The lowest BCUT2D eigenvalue weighted by Gasteiger charge is -2.26. The van der Waals surface area contributed by atoms with Crippen LogP contribution in [0, 0.1) is 0 Å². The lowest BCUT2D eigenvalue weighted by atomic mass is 10.1. The van der Waals surface area contributed by atoms with Crippen LogP contribution in [0.4, 0.5) is 0 Å². The van der Waals surface area contributed by atoms with Gasteiger partial charge in [-0.1, -0.05) is 18.2 Å². The minimum Gasteiger partial charge on any atom is -0.490 e. The standard InChI is InChI=1S/C22H25N5O3/c28-21-6-2-7-25-27(21)17-18-4-1-5-19(14-18)22-23-15-20(16-24-22)30-11-3-8-26-9-12-29-13-10-26/h1-2,4-7,14-16H,3,8-13,17H2. The molecule has 1 aliphatic rings. The largest absolute Gasteiger partial charge is 0.490 e. The molecule has 8 heteroatoms. The average molecular weight is 407 g/mol. The Morgan fingerprint density at radius 3 is 2.70 bits per heavy atom. The van der Waals surface area contributed by atoms with Gasteiger partial charge in [-0.25, -0.2) is 14.6 Å². The van der Waals surface area contributed by atoms with Crippen molar-refractivity contribution < 1.29 is 9.47 Å². The summed E-state index contributed by atoms with van der Waals surface area (Å²) in [7, 11) is 0. The molecule has 0 N–H and O–H groups in total. The molecule has 3 aromatic rings. The first-order valence-corrected chi connectivity index (χ1v) is 10.1. The van der Waals surface area contributed by atoms with Gasteiger partial charge in [-0.15, -0.1) is 0 Å². The molecule has 0 saturated carbocycles. The highest BCUT2D eigenvalue weighted by atomic mass is 16.5. The van der Waals surface area contributed by atoms with Crippen LogP contribution in [0.15, 0.2) is 59.8 Å². The van der Waals surface area contributed by atoms with Crippen LogP contribution in [-0.2, 0) is 11.3 Å². The van der Waals surface area contributed by atoms with Gasteiger partial charge in [-0.05, 0) is 24.1 Å².